The molecule has 0 aromatic heterocycles. The van der Waals surface area contributed by atoms with Gasteiger partial charge in [0.15, 0.2) is 5.96 Å². The van der Waals surface area contributed by atoms with Crippen LogP contribution in [0.3, 0.4) is 0 Å². The molecule has 0 spiro atoms. The molecule has 0 unspecified atom stereocenters. The first-order chi connectivity index (χ1) is 11.7. The molecule has 1 fully saturated rings. The first kappa shape index (κ1) is 21.7. The average molecular weight is 458 g/mol. The van der Waals surface area contributed by atoms with Gasteiger partial charge in [-0.3, -0.25) is 9.79 Å². The minimum atomic E-state index is -0.0171. The molecule has 1 heterocycles. The van der Waals surface area contributed by atoms with Crippen molar-refractivity contribution in [2.75, 3.05) is 32.7 Å². The van der Waals surface area contributed by atoms with Gasteiger partial charge in [0.2, 0.25) is 0 Å². The summed E-state index contributed by atoms with van der Waals surface area (Å²) in [6, 6.07) is 9.32. The van der Waals surface area contributed by atoms with Crippen LogP contribution in [0.2, 0.25) is 0 Å². The highest BCUT2D eigenvalue weighted by Gasteiger charge is 2.18. The van der Waals surface area contributed by atoms with Crippen LogP contribution in [0, 0.1) is 5.92 Å². The zero-order chi connectivity index (χ0) is 17.2. The minimum Gasteiger partial charge on any atom is -0.357 e. The lowest BCUT2D eigenvalue weighted by Gasteiger charge is -2.33. The molecule has 2 rings (SSSR count). The zero-order valence-electron chi connectivity index (χ0n) is 15.3. The van der Waals surface area contributed by atoms with Crippen LogP contribution in [0.4, 0.5) is 0 Å². The molecule has 0 saturated carbocycles. The van der Waals surface area contributed by atoms with Crippen molar-refractivity contribution in [2.24, 2.45) is 10.9 Å². The Morgan fingerprint density at radius 3 is 2.52 bits per heavy atom. The van der Waals surface area contributed by atoms with Gasteiger partial charge in [-0.2, -0.15) is 0 Å². The Bertz CT molecular complexity index is 527. The number of nitrogens with one attached hydrogen (secondary N) is 2. The molecule has 5 nitrogen and oxygen atoms in total. The van der Waals surface area contributed by atoms with E-state index in [1.807, 2.05) is 30.3 Å². The molecule has 0 atom stereocenters. The number of halogens is 1. The lowest BCUT2D eigenvalue weighted by Crippen LogP contribution is -2.45. The molecule has 0 radical (unpaired) electrons. The maximum absolute atomic E-state index is 12.0. The minimum absolute atomic E-state index is 0. The number of piperidine rings is 1. The van der Waals surface area contributed by atoms with Crippen LogP contribution >= 0.6 is 24.0 Å². The van der Waals surface area contributed by atoms with Gasteiger partial charge >= 0.3 is 0 Å². The summed E-state index contributed by atoms with van der Waals surface area (Å²) >= 11 is 0. The predicted octanol–water partition coefficient (Wildman–Crippen LogP) is 3.12. The van der Waals surface area contributed by atoms with E-state index in [1.165, 1.54) is 12.8 Å². The van der Waals surface area contributed by atoms with Crippen molar-refractivity contribution in [1.29, 1.82) is 0 Å². The summed E-state index contributed by atoms with van der Waals surface area (Å²) in [5.74, 6) is 1.81. The molecule has 25 heavy (non-hydrogen) atoms. The molecule has 1 aliphatic rings. The Hall–Kier alpha value is -1.31. The molecule has 140 valence electrons. The van der Waals surface area contributed by atoms with Gasteiger partial charge in [0, 0.05) is 38.3 Å². The number of guanidine groups is 1. The second kappa shape index (κ2) is 12.1. The Morgan fingerprint density at radius 1 is 1.20 bits per heavy atom. The molecular formula is C19H31IN4O. The van der Waals surface area contributed by atoms with Gasteiger partial charge in [-0.1, -0.05) is 25.1 Å². The molecule has 2 N–H and O–H groups in total. The molecular weight excluding hydrogens is 427 g/mol. The van der Waals surface area contributed by atoms with E-state index in [0.29, 0.717) is 12.1 Å². The number of carbonyl (C=O) groups excluding carboxylic acids is 1. The van der Waals surface area contributed by atoms with Gasteiger partial charge < -0.3 is 15.5 Å². The second-order valence-corrected chi connectivity index (χ2v) is 6.38. The van der Waals surface area contributed by atoms with E-state index in [4.69, 9.17) is 4.99 Å². The van der Waals surface area contributed by atoms with Crippen LogP contribution in [0.5, 0.6) is 0 Å². The summed E-state index contributed by atoms with van der Waals surface area (Å²) in [6.45, 7) is 8.83. The smallest absolute Gasteiger partial charge is 0.251 e. The maximum atomic E-state index is 12.0. The van der Waals surface area contributed by atoms with Gasteiger partial charge in [-0.25, -0.2) is 0 Å². The van der Waals surface area contributed by atoms with Gasteiger partial charge in [0.1, 0.15) is 0 Å². The van der Waals surface area contributed by atoms with E-state index in [9.17, 15) is 4.79 Å². The number of aliphatic imine (C=N–C) groups is 1. The lowest BCUT2D eigenvalue weighted by atomic mass is 10.00. The topological polar surface area (TPSA) is 56.7 Å². The molecule has 1 aromatic carbocycles. The highest BCUT2D eigenvalue weighted by molar-refractivity contribution is 14.0. The van der Waals surface area contributed by atoms with Crippen molar-refractivity contribution in [2.45, 2.75) is 33.1 Å². The Morgan fingerprint density at radius 2 is 1.88 bits per heavy atom. The zero-order valence-corrected chi connectivity index (χ0v) is 17.7. The Labute approximate surface area is 168 Å². The fourth-order valence-electron chi connectivity index (χ4n) is 2.80. The predicted molar refractivity (Wildman–Crippen MR) is 115 cm³/mol. The summed E-state index contributed by atoms with van der Waals surface area (Å²) in [4.78, 5) is 19.0. The van der Waals surface area contributed by atoms with Gasteiger partial charge in [0.05, 0.1) is 0 Å². The summed E-state index contributed by atoms with van der Waals surface area (Å²) in [5, 5.41) is 6.33. The van der Waals surface area contributed by atoms with E-state index in [-0.39, 0.29) is 29.9 Å². The molecule has 1 amide bonds. The van der Waals surface area contributed by atoms with Gasteiger partial charge in [0.25, 0.3) is 5.91 Å². The number of nitrogens with zero attached hydrogens (tertiary/aromatic N) is 2. The van der Waals surface area contributed by atoms with E-state index < -0.39 is 0 Å². The number of benzene rings is 1. The van der Waals surface area contributed by atoms with Crippen LogP contribution in [0.15, 0.2) is 35.3 Å². The Kier molecular flexibility index (Phi) is 10.5. The quantitative estimate of drug-likeness (QED) is 0.298. The van der Waals surface area contributed by atoms with Crippen LogP contribution in [0.1, 0.15) is 43.5 Å². The lowest BCUT2D eigenvalue weighted by molar-refractivity contribution is 0.0953. The fourth-order valence-corrected chi connectivity index (χ4v) is 2.80. The molecule has 1 aromatic rings. The van der Waals surface area contributed by atoms with Crippen molar-refractivity contribution in [1.82, 2.24) is 15.5 Å². The van der Waals surface area contributed by atoms with Crippen molar-refractivity contribution in [3.8, 4) is 0 Å². The largest absolute Gasteiger partial charge is 0.357 e. The van der Waals surface area contributed by atoms with E-state index >= 15 is 0 Å². The number of rotatable bonds is 6. The van der Waals surface area contributed by atoms with E-state index in [2.05, 4.69) is 29.4 Å². The number of amides is 1. The van der Waals surface area contributed by atoms with Crippen molar-refractivity contribution < 1.29 is 4.79 Å². The Balaban J connectivity index is 0.00000312. The first-order valence-corrected chi connectivity index (χ1v) is 9.07. The third-order valence-corrected chi connectivity index (χ3v) is 4.34. The highest BCUT2D eigenvalue weighted by atomic mass is 127. The molecule has 0 aliphatic carbocycles. The maximum Gasteiger partial charge on any atom is 0.251 e. The third kappa shape index (κ3) is 7.63. The average Bonchev–Trinajstić information content (AvgIpc) is 2.62. The van der Waals surface area contributed by atoms with Gasteiger partial charge in [-0.15, -0.1) is 24.0 Å². The third-order valence-electron chi connectivity index (χ3n) is 4.34. The summed E-state index contributed by atoms with van der Waals surface area (Å²) in [7, 11) is 0. The summed E-state index contributed by atoms with van der Waals surface area (Å²) in [6.07, 6.45) is 3.31. The summed E-state index contributed by atoms with van der Waals surface area (Å²) < 4.78 is 0. The number of hydrogen-bond acceptors (Lipinski definition) is 2. The molecule has 0 bridgehead atoms. The van der Waals surface area contributed by atoms with Crippen molar-refractivity contribution >= 4 is 35.8 Å². The van der Waals surface area contributed by atoms with Crippen molar-refractivity contribution in [3.05, 3.63) is 35.9 Å². The van der Waals surface area contributed by atoms with Crippen LogP contribution in [-0.4, -0.2) is 49.5 Å². The highest BCUT2D eigenvalue weighted by Crippen LogP contribution is 2.15. The normalized spacial score (nSPS) is 15.4. The molecule has 1 aliphatic heterocycles. The van der Waals surface area contributed by atoms with E-state index in [0.717, 1.165) is 44.5 Å². The van der Waals surface area contributed by atoms with Crippen LogP contribution in [-0.2, 0) is 0 Å². The monoisotopic (exact) mass is 458 g/mol. The van der Waals surface area contributed by atoms with E-state index in [1.54, 1.807) is 0 Å². The standard InChI is InChI=1S/C19H30N4O.HI/c1-3-20-19(23-14-10-16(2)11-15-23)22-13-7-12-21-18(24)17-8-5-4-6-9-17;/h4-6,8-9,16H,3,7,10-15H2,1-2H3,(H,20,22)(H,21,24);1H. The van der Waals surface area contributed by atoms with Gasteiger partial charge in [-0.05, 0) is 44.2 Å². The fraction of sp³-hybridized carbons (Fsp3) is 0.579. The second-order valence-electron chi connectivity index (χ2n) is 6.38. The number of likely N-dealkylation sites (tertiary alicyclic amines) is 1. The van der Waals surface area contributed by atoms with Crippen LogP contribution < -0.4 is 10.6 Å². The SMILES string of the molecule is CCNC(=NCCCNC(=O)c1ccccc1)N1CCC(C)CC1.I. The number of hydrogen-bond donors (Lipinski definition) is 2. The first-order valence-electron chi connectivity index (χ1n) is 9.07. The molecule has 6 heteroatoms. The summed E-state index contributed by atoms with van der Waals surface area (Å²) in [5.41, 5.74) is 0.705. The van der Waals surface area contributed by atoms with Crippen LogP contribution in [0.25, 0.3) is 0 Å². The molecule has 1 saturated heterocycles. The number of carbonyl (C=O) groups is 1. The van der Waals surface area contributed by atoms with Crippen molar-refractivity contribution in [3.63, 3.8) is 0 Å².